The Morgan fingerprint density at radius 3 is 2.91 bits per heavy atom. The number of anilines is 1. The summed E-state index contributed by atoms with van der Waals surface area (Å²) in [5.74, 6) is 0.301. The summed E-state index contributed by atoms with van der Waals surface area (Å²) in [4.78, 5) is 27.9. The fourth-order valence-corrected chi connectivity index (χ4v) is 4.34. The molecule has 5 rings (SSSR count). The number of hydrogen-bond donors (Lipinski definition) is 3. The van der Waals surface area contributed by atoms with Crippen LogP contribution < -0.4 is 15.7 Å². The molecule has 0 bridgehead atoms. The Labute approximate surface area is 201 Å². The molecule has 1 fully saturated rings. The Hall–Kier alpha value is -3.54. The van der Waals surface area contributed by atoms with Gasteiger partial charge in [0.15, 0.2) is 11.5 Å². The lowest BCUT2D eigenvalue weighted by Crippen LogP contribution is -2.42. The van der Waals surface area contributed by atoms with Crippen molar-refractivity contribution in [3.05, 3.63) is 47.3 Å². The second kappa shape index (κ2) is 9.98. The fourth-order valence-electron chi connectivity index (χ4n) is 4.34. The van der Waals surface area contributed by atoms with Crippen molar-refractivity contribution < 1.29 is 24.5 Å². The quantitative estimate of drug-likeness (QED) is 0.466. The van der Waals surface area contributed by atoms with Crippen LogP contribution in [0.4, 0.5) is 5.82 Å². The first-order chi connectivity index (χ1) is 17.0. The van der Waals surface area contributed by atoms with Gasteiger partial charge in [-0.25, -0.2) is 4.98 Å². The third-order valence-electron chi connectivity index (χ3n) is 6.16. The Balaban J connectivity index is 1.44. The number of benzene rings is 1. The summed E-state index contributed by atoms with van der Waals surface area (Å²) in [5, 5.41) is 25.3. The summed E-state index contributed by atoms with van der Waals surface area (Å²) in [5.41, 5.74) is 1.42. The number of nitrogens with one attached hydrogen (secondary N) is 1. The fraction of sp³-hybridized carbons (Fsp3) is 0.417. The Morgan fingerprint density at radius 2 is 2.11 bits per heavy atom. The predicted octanol–water partition coefficient (Wildman–Crippen LogP) is 0.684. The molecule has 35 heavy (non-hydrogen) atoms. The molecule has 11 heteroatoms. The molecule has 0 radical (unpaired) electrons. The molecule has 1 aromatic carbocycles. The van der Waals surface area contributed by atoms with Crippen LogP contribution in [0.2, 0.25) is 0 Å². The summed E-state index contributed by atoms with van der Waals surface area (Å²) in [6.45, 7) is 6.29. The molecule has 11 nitrogen and oxygen atoms in total. The minimum absolute atomic E-state index is 0.0182. The first kappa shape index (κ1) is 23.2. The third kappa shape index (κ3) is 4.83. The number of hydrogen-bond acceptors (Lipinski definition) is 9. The highest BCUT2D eigenvalue weighted by Gasteiger charge is 2.21. The number of morpholine rings is 1. The van der Waals surface area contributed by atoms with Crippen LogP contribution in [-0.4, -0.2) is 87.7 Å². The maximum Gasteiger partial charge on any atom is 0.282 e. The van der Waals surface area contributed by atoms with Crippen molar-refractivity contribution >= 4 is 22.6 Å². The van der Waals surface area contributed by atoms with E-state index in [4.69, 9.17) is 9.47 Å². The average molecular weight is 481 g/mol. The molecular formula is C24H28N6O5. The zero-order chi connectivity index (χ0) is 24.4. The molecular weight excluding hydrogens is 452 g/mol. The van der Waals surface area contributed by atoms with Crippen LogP contribution in [-0.2, 0) is 11.3 Å². The molecule has 184 valence electrons. The zero-order valence-corrected chi connectivity index (χ0v) is 19.5. The Kier molecular flexibility index (Phi) is 6.62. The number of pyridine rings is 1. The maximum absolute atomic E-state index is 12.9. The number of β-amino-alcohol motifs (C(OH)–C–C–N with tert-alkyl or cyclic N) is 1. The number of aliphatic hydroxyl groups is 1. The maximum atomic E-state index is 12.9. The molecule has 0 spiro atoms. The third-order valence-corrected chi connectivity index (χ3v) is 6.16. The van der Waals surface area contributed by atoms with Crippen molar-refractivity contribution in [1.82, 2.24) is 19.4 Å². The van der Waals surface area contributed by atoms with Crippen LogP contribution in [0.5, 0.6) is 11.5 Å². The van der Waals surface area contributed by atoms with E-state index in [-0.39, 0.29) is 29.2 Å². The average Bonchev–Trinajstić information content (AvgIpc) is 3.35. The van der Waals surface area contributed by atoms with E-state index in [9.17, 15) is 15.0 Å². The van der Waals surface area contributed by atoms with Gasteiger partial charge in [0.05, 0.1) is 24.5 Å². The van der Waals surface area contributed by atoms with Crippen LogP contribution >= 0.6 is 0 Å². The highest BCUT2D eigenvalue weighted by Crippen LogP contribution is 2.36. The Morgan fingerprint density at radius 1 is 1.29 bits per heavy atom. The number of phenols is 1. The molecule has 2 aliphatic heterocycles. The lowest BCUT2D eigenvalue weighted by Gasteiger charge is -2.28. The van der Waals surface area contributed by atoms with E-state index in [1.54, 1.807) is 37.4 Å². The number of carbonyl (C=O) groups is 1. The van der Waals surface area contributed by atoms with Crippen molar-refractivity contribution in [2.75, 3.05) is 51.3 Å². The van der Waals surface area contributed by atoms with Crippen LogP contribution in [0, 0.1) is 6.92 Å². The van der Waals surface area contributed by atoms with Crippen molar-refractivity contribution in [1.29, 1.82) is 0 Å². The predicted molar refractivity (Wildman–Crippen MR) is 128 cm³/mol. The first-order valence-corrected chi connectivity index (χ1v) is 11.6. The lowest BCUT2D eigenvalue weighted by atomic mass is 10.2. The van der Waals surface area contributed by atoms with Crippen molar-refractivity contribution in [2.45, 2.75) is 19.6 Å². The van der Waals surface area contributed by atoms with Gasteiger partial charge in [-0.05, 0) is 31.2 Å². The van der Waals surface area contributed by atoms with Crippen LogP contribution in [0.25, 0.3) is 10.9 Å². The number of amides is 1. The molecule has 0 saturated carbocycles. The van der Waals surface area contributed by atoms with E-state index in [1.165, 1.54) is 0 Å². The van der Waals surface area contributed by atoms with Gasteiger partial charge >= 0.3 is 0 Å². The van der Waals surface area contributed by atoms with Crippen molar-refractivity contribution in [3.63, 3.8) is 0 Å². The van der Waals surface area contributed by atoms with Gasteiger partial charge in [0.25, 0.3) is 5.91 Å². The summed E-state index contributed by atoms with van der Waals surface area (Å²) in [6.07, 6.45) is 0.896. The lowest BCUT2D eigenvalue weighted by molar-refractivity contribution is 0.00448. The van der Waals surface area contributed by atoms with Gasteiger partial charge < -0.3 is 25.0 Å². The van der Waals surface area contributed by atoms with E-state index in [1.807, 2.05) is 4.57 Å². The van der Waals surface area contributed by atoms with Gasteiger partial charge in [-0.15, -0.1) is 0 Å². The van der Waals surface area contributed by atoms with Gasteiger partial charge in [-0.1, -0.05) is 0 Å². The van der Waals surface area contributed by atoms with Gasteiger partial charge in [-0.3, -0.25) is 19.2 Å². The number of ether oxygens (including phenoxy) is 2. The molecule has 1 amide bonds. The number of aromatic nitrogens is 3. The number of aliphatic hydroxyl groups excluding tert-OH is 1. The van der Waals surface area contributed by atoms with Gasteiger partial charge in [0, 0.05) is 44.3 Å². The summed E-state index contributed by atoms with van der Waals surface area (Å²) in [6, 6.07) is 6.81. The molecule has 3 N–H and O–H groups in total. The largest absolute Gasteiger partial charge is 0.503 e. The zero-order valence-electron chi connectivity index (χ0n) is 19.5. The number of aromatic hydroxyl groups is 1. The standard InChI is InChI=1S/C24H28N6O5/c1-15-17(3-2-6-25-15)23(33)28-24-27-20-18(22-26-7-8-30(22)24)4-5-19(21(20)32)35-14-16(31)13-29-9-11-34-12-10-29/h2-6,16,26,31-32H,7-14H2,1H3/t16-/m1/s1. The monoisotopic (exact) mass is 480 g/mol. The van der Waals surface area contributed by atoms with E-state index in [0.29, 0.717) is 49.5 Å². The smallest absolute Gasteiger partial charge is 0.282 e. The molecule has 2 aromatic heterocycles. The highest BCUT2D eigenvalue weighted by atomic mass is 16.5. The van der Waals surface area contributed by atoms with Gasteiger partial charge in [-0.2, -0.15) is 4.99 Å². The van der Waals surface area contributed by atoms with Crippen LogP contribution in [0.15, 0.2) is 35.5 Å². The number of nitrogens with zero attached hydrogens (tertiary/aromatic N) is 5. The number of aryl methyl sites for hydroxylation is 1. The second-order valence-corrected chi connectivity index (χ2v) is 8.58. The van der Waals surface area contributed by atoms with E-state index >= 15 is 0 Å². The first-order valence-electron chi connectivity index (χ1n) is 11.6. The van der Waals surface area contributed by atoms with E-state index in [0.717, 1.165) is 18.9 Å². The van der Waals surface area contributed by atoms with Crippen molar-refractivity contribution in [3.8, 4) is 11.5 Å². The number of fused-ring (bicyclic) bond motifs is 3. The number of carbonyl (C=O) groups excluding carboxylic acids is 1. The highest BCUT2D eigenvalue weighted by molar-refractivity contribution is 5.97. The summed E-state index contributed by atoms with van der Waals surface area (Å²) >= 11 is 0. The van der Waals surface area contributed by atoms with Gasteiger partial charge in [0.1, 0.15) is 24.0 Å². The van der Waals surface area contributed by atoms with Gasteiger partial charge in [0.2, 0.25) is 5.62 Å². The molecule has 3 aromatic rings. The van der Waals surface area contributed by atoms with E-state index in [2.05, 4.69) is 25.2 Å². The SMILES string of the molecule is Cc1ncccc1C(=O)N=c1nc2c(O)c(OC[C@H](O)CN3CCOCC3)ccc2c2n1CCN2. The minimum atomic E-state index is -0.723. The number of rotatable bonds is 6. The summed E-state index contributed by atoms with van der Waals surface area (Å²) < 4.78 is 12.9. The van der Waals surface area contributed by atoms with E-state index < -0.39 is 12.0 Å². The second-order valence-electron chi connectivity index (χ2n) is 8.58. The number of phenolic OH excluding ortho intramolecular Hbond substituents is 1. The van der Waals surface area contributed by atoms with Crippen LogP contribution in [0.3, 0.4) is 0 Å². The molecule has 2 aliphatic rings. The topological polar surface area (TPSA) is 134 Å². The molecule has 1 atom stereocenters. The molecule has 0 unspecified atom stereocenters. The van der Waals surface area contributed by atoms with Crippen molar-refractivity contribution in [2.24, 2.45) is 4.99 Å². The molecule has 4 heterocycles. The van der Waals surface area contributed by atoms with Crippen LogP contribution in [0.1, 0.15) is 16.1 Å². The Bertz CT molecular complexity index is 1320. The minimum Gasteiger partial charge on any atom is -0.503 e. The molecule has 1 saturated heterocycles. The molecule has 0 aliphatic carbocycles. The summed E-state index contributed by atoms with van der Waals surface area (Å²) in [7, 11) is 0. The normalized spacial score (nSPS) is 17.3.